The zero-order chi connectivity index (χ0) is 17.8. The lowest BCUT2D eigenvalue weighted by molar-refractivity contribution is 0.101. The first kappa shape index (κ1) is 16.7. The molecule has 0 saturated carbocycles. The number of benzene rings is 2. The Hall–Kier alpha value is -3.12. The van der Waals surface area contributed by atoms with E-state index in [4.69, 9.17) is 16.3 Å². The molecule has 2 aromatic carbocycles. The Morgan fingerprint density at radius 3 is 2.60 bits per heavy atom. The molecule has 126 valence electrons. The van der Waals surface area contributed by atoms with Gasteiger partial charge in [0.2, 0.25) is 5.43 Å². The molecule has 1 heterocycles. The summed E-state index contributed by atoms with van der Waals surface area (Å²) in [5.41, 5.74) is 0.499. The molecule has 7 heteroatoms. The van der Waals surface area contributed by atoms with Crippen LogP contribution in [-0.4, -0.2) is 22.8 Å². The summed E-state index contributed by atoms with van der Waals surface area (Å²) in [6.45, 7) is 0. The van der Waals surface area contributed by atoms with Gasteiger partial charge in [-0.3, -0.25) is 9.59 Å². The van der Waals surface area contributed by atoms with Crippen molar-refractivity contribution in [3.05, 3.63) is 81.7 Å². The summed E-state index contributed by atoms with van der Waals surface area (Å²) in [4.78, 5) is 24.4. The number of halogens is 1. The molecule has 25 heavy (non-hydrogen) atoms. The summed E-state index contributed by atoms with van der Waals surface area (Å²) >= 11 is 5.97. The second-order valence-corrected chi connectivity index (χ2v) is 5.57. The lowest BCUT2D eigenvalue weighted by Gasteiger charge is -2.09. The van der Waals surface area contributed by atoms with Crippen molar-refractivity contribution in [1.82, 2.24) is 9.78 Å². The number of rotatable bonds is 4. The van der Waals surface area contributed by atoms with Crippen LogP contribution in [0.2, 0.25) is 5.02 Å². The zero-order valence-electron chi connectivity index (χ0n) is 13.3. The molecule has 1 amide bonds. The first-order chi connectivity index (χ1) is 12.1. The summed E-state index contributed by atoms with van der Waals surface area (Å²) in [7, 11) is 1.56. The van der Waals surface area contributed by atoms with Crippen molar-refractivity contribution in [3.63, 3.8) is 0 Å². The fourth-order valence-electron chi connectivity index (χ4n) is 2.19. The maximum Gasteiger partial charge on any atom is 0.280 e. The molecule has 1 N–H and O–H groups in total. The van der Waals surface area contributed by atoms with Gasteiger partial charge in [0.1, 0.15) is 5.75 Å². The quantitative estimate of drug-likeness (QED) is 0.780. The van der Waals surface area contributed by atoms with E-state index in [0.29, 0.717) is 22.1 Å². The van der Waals surface area contributed by atoms with Gasteiger partial charge in [0.05, 0.1) is 12.8 Å². The number of aromatic nitrogens is 2. The van der Waals surface area contributed by atoms with Gasteiger partial charge >= 0.3 is 0 Å². The van der Waals surface area contributed by atoms with E-state index in [1.54, 1.807) is 55.6 Å². The average Bonchev–Trinajstić information content (AvgIpc) is 2.62. The molecule has 0 aliphatic heterocycles. The van der Waals surface area contributed by atoms with Crippen LogP contribution in [0.3, 0.4) is 0 Å². The third-order valence-corrected chi connectivity index (χ3v) is 3.68. The molecule has 0 radical (unpaired) electrons. The highest BCUT2D eigenvalue weighted by Gasteiger charge is 2.14. The topological polar surface area (TPSA) is 73.2 Å². The van der Waals surface area contributed by atoms with Gasteiger partial charge in [-0.2, -0.15) is 5.10 Å². The number of nitrogens with one attached hydrogen (secondary N) is 1. The van der Waals surface area contributed by atoms with Crippen molar-refractivity contribution in [2.75, 3.05) is 12.4 Å². The summed E-state index contributed by atoms with van der Waals surface area (Å²) < 4.78 is 6.49. The normalized spacial score (nSPS) is 10.3. The molecule has 1 aromatic heterocycles. The van der Waals surface area contributed by atoms with Gasteiger partial charge in [0, 0.05) is 23.0 Å². The minimum atomic E-state index is -0.591. The maximum absolute atomic E-state index is 12.4. The Labute approximate surface area is 148 Å². The smallest absolute Gasteiger partial charge is 0.280 e. The van der Waals surface area contributed by atoms with E-state index in [2.05, 4.69) is 10.4 Å². The largest absolute Gasteiger partial charge is 0.497 e. The highest BCUT2D eigenvalue weighted by atomic mass is 35.5. The van der Waals surface area contributed by atoms with E-state index >= 15 is 0 Å². The van der Waals surface area contributed by atoms with Crippen molar-refractivity contribution in [2.24, 2.45) is 0 Å². The van der Waals surface area contributed by atoms with Crippen LogP contribution < -0.4 is 15.5 Å². The molecule has 0 atom stereocenters. The molecule has 0 spiro atoms. The lowest BCUT2D eigenvalue weighted by atomic mass is 10.2. The predicted octanol–water partition coefficient (Wildman–Crippen LogP) is 3.15. The number of anilines is 1. The van der Waals surface area contributed by atoms with Crippen LogP contribution in [-0.2, 0) is 0 Å². The molecule has 3 aromatic rings. The molecule has 0 fully saturated rings. The van der Waals surface area contributed by atoms with E-state index < -0.39 is 11.3 Å². The average molecular weight is 356 g/mol. The highest BCUT2D eigenvalue weighted by molar-refractivity contribution is 6.30. The van der Waals surface area contributed by atoms with Gasteiger partial charge in [0.15, 0.2) is 5.69 Å². The summed E-state index contributed by atoms with van der Waals surface area (Å²) in [6.07, 6.45) is 1.48. The molecule has 0 aliphatic carbocycles. The summed E-state index contributed by atoms with van der Waals surface area (Å²) in [6, 6.07) is 15.0. The van der Waals surface area contributed by atoms with Gasteiger partial charge in [0.25, 0.3) is 5.91 Å². The van der Waals surface area contributed by atoms with Crippen molar-refractivity contribution >= 4 is 23.2 Å². The Balaban J connectivity index is 1.89. The Bertz CT molecular complexity index is 968. The van der Waals surface area contributed by atoms with Crippen LogP contribution >= 0.6 is 11.6 Å². The van der Waals surface area contributed by atoms with Crippen molar-refractivity contribution in [3.8, 4) is 11.4 Å². The SMILES string of the molecule is COc1ccc(NC(=O)c2nn(-c3cccc(Cl)c3)ccc2=O)cc1. The number of hydrogen-bond donors (Lipinski definition) is 1. The third kappa shape index (κ3) is 3.87. The van der Waals surface area contributed by atoms with E-state index in [1.165, 1.54) is 16.9 Å². The fraction of sp³-hybridized carbons (Fsp3) is 0.0556. The van der Waals surface area contributed by atoms with Crippen LogP contribution in [0.15, 0.2) is 65.6 Å². The molecule has 0 aliphatic rings. The Morgan fingerprint density at radius 2 is 1.92 bits per heavy atom. The number of carbonyl (C=O) groups is 1. The summed E-state index contributed by atoms with van der Waals surface area (Å²) in [5, 5.41) is 7.30. The van der Waals surface area contributed by atoms with Crippen molar-refractivity contribution in [2.45, 2.75) is 0 Å². The molecule has 0 bridgehead atoms. The predicted molar refractivity (Wildman–Crippen MR) is 95.8 cm³/mol. The number of ether oxygens (including phenoxy) is 1. The lowest BCUT2D eigenvalue weighted by Crippen LogP contribution is -2.25. The Kier molecular flexibility index (Phi) is 4.81. The Morgan fingerprint density at radius 1 is 1.16 bits per heavy atom. The van der Waals surface area contributed by atoms with Crippen LogP contribution in [0.25, 0.3) is 5.69 Å². The number of carbonyl (C=O) groups excluding carboxylic acids is 1. The first-order valence-corrected chi connectivity index (χ1v) is 7.76. The summed E-state index contributed by atoms with van der Waals surface area (Å²) in [5.74, 6) is 0.0747. The molecule has 3 rings (SSSR count). The second-order valence-electron chi connectivity index (χ2n) is 5.14. The van der Waals surface area contributed by atoms with Gasteiger partial charge in [-0.1, -0.05) is 17.7 Å². The van der Waals surface area contributed by atoms with E-state index in [1.807, 2.05) is 0 Å². The van der Waals surface area contributed by atoms with E-state index in [-0.39, 0.29) is 5.69 Å². The number of amides is 1. The standard InChI is InChI=1S/C18H14ClN3O3/c1-25-15-7-5-13(6-8-15)20-18(24)17-16(23)9-10-22(21-17)14-4-2-3-12(19)11-14/h2-11H,1H3,(H,20,24). The monoisotopic (exact) mass is 355 g/mol. The van der Waals surface area contributed by atoms with Crippen LogP contribution in [0.4, 0.5) is 5.69 Å². The van der Waals surface area contributed by atoms with Gasteiger partial charge in [-0.05, 0) is 42.5 Å². The van der Waals surface area contributed by atoms with Gasteiger partial charge in [-0.25, -0.2) is 4.68 Å². The first-order valence-electron chi connectivity index (χ1n) is 7.38. The molecular formula is C18H14ClN3O3. The van der Waals surface area contributed by atoms with Crippen LogP contribution in [0, 0.1) is 0 Å². The highest BCUT2D eigenvalue weighted by Crippen LogP contribution is 2.16. The molecule has 0 saturated heterocycles. The van der Waals surface area contributed by atoms with Gasteiger partial charge < -0.3 is 10.1 Å². The zero-order valence-corrected chi connectivity index (χ0v) is 14.0. The van der Waals surface area contributed by atoms with Crippen LogP contribution in [0.1, 0.15) is 10.5 Å². The van der Waals surface area contributed by atoms with Gasteiger partial charge in [-0.15, -0.1) is 0 Å². The maximum atomic E-state index is 12.4. The molecular weight excluding hydrogens is 342 g/mol. The molecule has 0 unspecified atom stereocenters. The second kappa shape index (κ2) is 7.19. The number of nitrogens with zero attached hydrogens (tertiary/aromatic N) is 2. The van der Waals surface area contributed by atoms with Crippen LogP contribution in [0.5, 0.6) is 5.75 Å². The number of hydrogen-bond acceptors (Lipinski definition) is 4. The number of methoxy groups -OCH3 is 1. The minimum absolute atomic E-state index is 0.210. The minimum Gasteiger partial charge on any atom is -0.497 e. The van der Waals surface area contributed by atoms with Crippen molar-refractivity contribution in [1.29, 1.82) is 0 Å². The third-order valence-electron chi connectivity index (χ3n) is 3.44. The van der Waals surface area contributed by atoms with E-state index in [0.717, 1.165) is 0 Å². The molecule has 6 nitrogen and oxygen atoms in total. The van der Waals surface area contributed by atoms with Crippen molar-refractivity contribution < 1.29 is 9.53 Å². The van der Waals surface area contributed by atoms with E-state index in [9.17, 15) is 9.59 Å². The fourth-order valence-corrected chi connectivity index (χ4v) is 2.38.